The van der Waals surface area contributed by atoms with E-state index in [1.165, 1.54) is 30.4 Å². The number of aliphatic hydroxyl groups excluding tert-OH is 1. The molecule has 0 spiro atoms. The second-order valence-corrected chi connectivity index (χ2v) is 8.97. The Kier molecular flexibility index (Phi) is 3.53. The molecule has 0 aliphatic heterocycles. The molecule has 3 aliphatic carbocycles. The zero-order chi connectivity index (χ0) is 16.4. The van der Waals surface area contributed by atoms with E-state index in [4.69, 9.17) is 0 Å². The normalized spacial score (nSPS) is 39.0. The molecular weight excluding hydrogens is 284 g/mol. The topological polar surface area (TPSA) is 40.5 Å². The van der Waals surface area contributed by atoms with Gasteiger partial charge in [0.25, 0.3) is 0 Å². The van der Waals surface area contributed by atoms with Crippen LogP contribution in [0.15, 0.2) is 12.1 Å². The predicted molar refractivity (Wildman–Crippen MR) is 92.8 cm³/mol. The van der Waals surface area contributed by atoms with E-state index in [9.17, 15) is 10.2 Å². The minimum absolute atomic E-state index is 0.0869. The summed E-state index contributed by atoms with van der Waals surface area (Å²) >= 11 is 0. The number of phenolic OH excluding ortho intramolecular Hbond substituents is 1. The molecule has 3 aliphatic rings. The second-order valence-electron chi connectivity index (χ2n) is 8.97. The number of hydrogen-bond acceptors (Lipinski definition) is 2. The lowest BCUT2D eigenvalue weighted by molar-refractivity contribution is 0.0595. The van der Waals surface area contributed by atoms with Crippen molar-refractivity contribution in [1.29, 1.82) is 0 Å². The Morgan fingerprint density at radius 2 is 2.00 bits per heavy atom. The zero-order valence-corrected chi connectivity index (χ0v) is 14.7. The quantitative estimate of drug-likeness (QED) is 0.786. The minimum atomic E-state index is -0.0869. The summed E-state index contributed by atoms with van der Waals surface area (Å²) in [5.74, 6) is 2.89. The summed E-state index contributed by atoms with van der Waals surface area (Å²) in [6, 6.07) is 4.35. The van der Waals surface area contributed by atoms with Crippen LogP contribution in [0.3, 0.4) is 0 Å². The maximum Gasteiger partial charge on any atom is 0.119 e. The van der Waals surface area contributed by atoms with E-state index in [1.54, 1.807) is 0 Å². The van der Waals surface area contributed by atoms with Gasteiger partial charge in [0, 0.05) is 0 Å². The fourth-order valence-electron chi connectivity index (χ4n) is 6.11. The molecule has 2 heteroatoms. The number of hydrogen-bond donors (Lipinski definition) is 2. The van der Waals surface area contributed by atoms with Crippen LogP contribution in [0.5, 0.6) is 5.75 Å². The molecule has 2 fully saturated rings. The number of aryl methyl sites for hydroxylation is 1. The zero-order valence-electron chi connectivity index (χ0n) is 14.7. The van der Waals surface area contributed by atoms with Gasteiger partial charge in [-0.1, -0.05) is 26.8 Å². The minimum Gasteiger partial charge on any atom is -0.508 e. The summed E-state index contributed by atoms with van der Waals surface area (Å²) in [6.07, 6.45) is 6.72. The van der Waals surface area contributed by atoms with Crippen molar-refractivity contribution in [3.05, 3.63) is 28.8 Å². The van der Waals surface area contributed by atoms with Crippen LogP contribution >= 0.6 is 0 Å². The molecule has 2 nitrogen and oxygen atoms in total. The van der Waals surface area contributed by atoms with Gasteiger partial charge in [-0.25, -0.2) is 0 Å². The number of aliphatic hydroxyl groups is 1. The molecule has 2 saturated carbocycles. The first-order valence-electron chi connectivity index (χ1n) is 9.43. The molecule has 0 radical (unpaired) electrons. The lowest BCUT2D eigenvalue weighted by atomic mass is 9.56. The summed E-state index contributed by atoms with van der Waals surface area (Å²) in [5.41, 5.74) is 4.33. The van der Waals surface area contributed by atoms with Gasteiger partial charge >= 0.3 is 0 Å². The SMILES string of the molecule is CC(C)c1cc2c(cc1O)CC[C@@H]1[C@@H]2CC[C@]2(C)C[C@H](O)C[C@@H]12. The van der Waals surface area contributed by atoms with E-state index in [0.717, 1.165) is 30.7 Å². The highest BCUT2D eigenvalue weighted by Crippen LogP contribution is 2.61. The maximum atomic E-state index is 10.3. The van der Waals surface area contributed by atoms with Gasteiger partial charge in [-0.15, -0.1) is 0 Å². The number of fused-ring (bicyclic) bond motifs is 5. The lowest BCUT2D eigenvalue weighted by Gasteiger charge is -2.49. The highest BCUT2D eigenvalue weighted by atomic mass is 16.3. The van der Waals surface area contributed by atoms with Gasteiger partial charge in [0.15, 0.2) is 0 Å². The van der Waals surface area contributed by atoms with Crippen molar-refractivity contribution in [2.75, 3.05) is 0 Å². The Morgan fingerprint density at radius 3 is 2.74 bits per heavy atom. The van der Waals surface area contributed by atoms with Crippen LogP contribution < -0.4 is 0 Å². The average Bonchev–Trinajstić information content (AvgIpc) is 2.80. The first-order chi connectivity index (χ1) is 10.9. The Morgan fingerprint density at radius 1 is 1.22 bits per heavy atom. The second kappa shape index (κ2) is 5.24. The van der Waals surface area contributed by atoms with E-state index in [0.29, 0.717) is 28.9 Å². The number of phenols is 1. The average molecular weight is 314 g/mol. The highest BCUT2D eigenvalue weighted by Gasteiger charge is 2.52. The first kappa shape index (κ1) is 15.5. The van der Waals surface area contributed by atoms with E-state index < -0.39 is 0 Å². The van der Waals surface area contributed by atoms with Crippen LogP contribution in [-0.2, 0) is 6.42 Å². The Labute approximate surface area is 139 Å². The van der Waals surface area contributed by atoms with Gasteiger partial charge in [-0.2, -0.15) is 0 Å². The van der Waals surface area contributed by atoms with Crippen molar-refractivity contribution in [2.45, 2.75) is 77.2 Å². The van der Waals surface area contributed by atoms with Crippen LogP contribution in [0.4, 0.5) is 0 Å². The monoisotopic (exact) mass is 314 g/mol. The number of benzene rings is 1. The summed E-state index contributed by atoms with van der Waals surface area (Å²) in [5, 5.41) is 20.6. The van der Waals surface area contributed by atoms with Crippen molar-refractivity contribution in [1.82, 2.24) is 0 Å². The lowest BCUT2D eigenvalue weighted by Crippen LogP contribution is -2.39. The van der Waals surface area contributed by atoms with Crippen molar-refractivity contribution >= 4 is 0 Å². The van der Waals surface area contributed by atoms with Crippen molar-refractivity contribution in [2.24, 2.45) is 17.3 Å². The summed E-state index contributed by atoms with van der Waals surface area (Å²) in [4.78, 5) is 0. The van der Waals surface area contributed by atoms with Crippen LogP contribution in [0.25, 0.3) is 0 Å². The molecule has 0 saturated heterocycles. The van der Waals surface area contributed by atoms with E-state index in [2.05, 4.69) is 26.8 Å². The molecule has 0 heterocycles. The van der Waals surface area contributed by atoms with Gasteiger partial charge in [0.05, 0.1) is 6.10 Å². The maximum absolute atomic E-state index is 10.3. The number of rotatable bonds is 1. The smallest absolute Gasteiger partial charge is 0.119 e. The Bertz CT molecular complexity index is 621. The molecule has 0 bridgehead atoms. The van der Waals surface area contributed by atoms with Gasteiger partial charge in [0.1, 0.15) is 5.75 Å². The third-order valence-corrected chi connectivity index (χ3v) is 7.24. The molecule has 0 amide bonds. The van der Waals surface area contributed by atoms with E-state index in [1.807, 2.05) is 6.07 Å². The molecule has 23 heavy (non-hydrogen) atoms. The fraction of sp³-hybridized carbons (Fsp3) is 0.714. The molecule has 1 aromatic carbocycles. The van der Waals surface area contributed by atoms with E-state index in [-0.39, 0.29) is 6.10 Å². The summed E-state index contributed by atoms with van der Waals surface area (Å²) in [6.45, 7) is 6.73. The summed E-state index contributed by atoms with van der Waals surface area (Å²) in [7, 11) is 0. The van der Waals surface area contributed by atoms with Gasteiger partial charge in [0.2, 0.25) is 0 Å². The third-order valence-electron chi connectivity index (χ3n) is 7.24. The molecule has 0 aromatic heterocycles. The molecule has 126 valence electrons. The highest BCUT2D eigenvalue weighted by molar-refractivity contribution is 5.46. The van der Waals surface area contributed by atoms with Crippen molar-refractivity contribution < 1.29 is 10.2 Å². The molecule has 1 aromatic rings. The molecule has 0 unspecified atom stereocenters. The molecule has 4 rings (SSSR count). The molecular formula is C21H30O2. The van der Waals surface area contributed by atoms with Gasteiger partial charge in [-0.05, 0) is 90.4 Å². The van der Waals surface area contributed by atoms with E-state index >= 15 is 0 Å². The van der Waals surface area contributed by atoms with Gasteiger partial charge in [-0.3, -0.25) is 0 Å². The molecule has 5 atom stereocenters. The van der Waals surface area contributed by atoms with Crippen LogP contribution in [0, 0.1) is 17.3 Å². The van der Waals surface area contributed by atoms with Crippen LogP contribution in [-0.4, -0.2) is 16.3 Å². The predicted octanol–water partition coefficient (Wildman–Crippen LogP) is 4.73. The Balaban J connectivity index is 1.73. The number of aromatic hydroxyl groups is 1. The Hall–Kier alpha value is -1.02. The largest absolute Gasteiger partial charge is 0.508 e. The van der Waals surface area contributed by atoms with Crippen LogP contribution in [0.2, 0.25) is 0 Å². The van der Waals surface area contributed by atoms with Crippen molar-refractivity contribution in [3.63, 3.8) is 0 Å². The van der Waals surface area contributed by atoms with Gasteiger partial charge < -0.3 is 10.2 Å². The standard InChI is InChI=1S/C21H30O2/c1-12(2)17-10-18-13(8-20(17)23)4-5-16-15(18)6-7-21(3)11-14(22)9-19(16)21/h8,10,12,14-16,19,22-23H,4-7,9,11H2,1-3H3/t14-,15+,16-,19+,21-/m1/s1. The first-order valence-corrected chi connectivity index (χ1v) is 9.43. The fourth-order valence-corrected chi connectivity index (χ4v) is 6.11. The summed E-state index contributed by atoms with van der Waals surface area (Å²) < 4.78 is 0. The third kappa shape index (κ3) is 2.33. The van der Waals surface area contributed by atoms with Crippen LogP contribution in [0.1, 0.15) is 81.4 Å². The van der Waals surface area contributed by atoms with Crippen molar-refractivity contribution in [3.8, 4) is 5.75 Å². The molecule has 2 N–H and O–H groups in total.